The fraction of sp³-hybridized carbons (Fsp3) is 0.182. The van der Waals surface area contributed by atoms with Gasteiger partial charge < -0.3 is 15.6 Å². The SMILES string of the molecule is Cc1cc(CNC(=O)c2nc(N)ccc2Cl)on1. The van der Waals surface area contributed by atoms with E-state index in [4.69, 9.17) is 21.9 Å². The van der Waals surface area contributed by atoms with Crippen molar-refractivity contribution in [3.05, 3.63) is 40.4 Å². The summed E-state index contributed by atoms with van der Waals surface area (Å²) in [5, 5.41) is 6.58. The van der Waals surface area contributed by atoms with Gasteiger partial charge in [0.25, 0.3) is 5.91 Å². The maximum absolute atomic E-state index is 11.8. The molecule has 2 heterocycles. The molecule has 0 bridgehead atoms. The highest BCUT2D eigenvalue weighted by Crippen LogP contribution is 2.15. The lowest BCUT2D eigenvalue weighted by molar-refractivity contribution is 0.0942. The quantitative estimate of drug-likeness (QED) is 0.879. The van der Waals surface area contributed by atoms with Gasteiger partial charge in [-0.3, -0.25) is 4.79 Å². The number of carbonyl (C=O) groups is 1. The van der Waals surface area contributed by atoms with E-state index in [-0.39, 0.29) is 23.1 Å². The van der Waals surface area contributed by atoms with Crippen LogP contribution in [-0.4, -0.2) is 16.0 Å². The molecule has 1 amide bonds. The average molecular weight is 267 g/mol. The molecule has 0 aliphatic rings. The standard InChI is InChI=1S/C11H11ClN4O2/c1-6-4-7(18-16-6)5-14-11(17)10-8(12)2-3-9(13)15-10/h2-4H,5H2,1H3,(H2,13,15)(H,14,17). The Morgan fingerprint density at radius 1 is 1.56 bits per heavy atom. The predicted molar refractivity (Wildman–Crippen MR) is 66.1 cm³/mol. The number of halogens is 1. The van der Waals surface area contributed by atoms with Crippen LogP contribution < -0.4 is 11.1 Å². The molecule has 0 saturated heterocycles. The Morgan fingerprint density at radius 3 is 3.00 bits per heavy atom. The second-order valence-electron chi connectivity index (χ2n) is 3.68. The number of rotatable bonds is 3. The highest BCUT2D eigenvalue weighted by molar-refractivity contribution is 6.33. The first-order valence-electron chi connectivity index (χ1n) is 5.18. The number of hydrogen-bond acceptors (Lipinski definition) is 5. The lowest BCUT2D eigenvalue weighted by Gasteiger charge is -2.04. The van der Waals surface area contributed by atoms with Crippen molar-refractivity contribution in [1.29, 1.82) is 0 Å². The highest BCUT2D eigenvalue weighted by atomic mass is 35.5. The molecular weight excluding hydrogens is 256 g/mol. The van der Waals surface area contributed by atoms with Gasteiger partial charge in [-0.25, -0.2) is 4.98 Å². The summed E-state index contributed by atoms with van der Waals surface area (Å²) in [4.78, 5) is 15.7. The molecule has 0 atom stereocenters. The van der Waals surface area contributed by atoms with Gasteiger partial charge in [0, 0.05) is 6.07 Å². The molecule has 18 heavy (non-hydrogen) atoms. The predicted octanol–water partition coefficient (Wildman–Crippen LogP) is 1.54. The van der Waals surface area contributed by atoms with Gasteiger partial charge in [-0.15, -0.1) is 0 Å². The number of hydrogen-bond donors (Lipinski definition) is 2. The molecule has 6 nitrogen and oxygen atoms in total. The minimum atomic E-state index is -0.415. The average Bonchev–Trinajstić information content (AvgIpc) is 2.75. The second kappa shape index (κ2) is 5.05. The van der Waals surface area contributed by atoms with Gasteiger partial charge >= 0.3 is 0 Å². The zero-order valence-electron chi connectivity index (χ0n) is 9.61. The fourth-order valence-electron chi connectivity index (χ4n) is 1.37. The van der Waals surface area contributed by atoms with Crippen LogP contribution in [0.5, 0.6) is 0 Å². The van der Waals surface area contributed by atoms with Crippen LogP contribution in [-0.2, 0) is 6.54 Å². The molecule has 0 aliphatic heterocycles. The normalized spacial score (nSPS) is 10.3. The topological polar surface area (TPSA) is 94.0 Å². The van der Waals surface area contributed by atoms with Gasteiger partial charge in [-0.2, -0.15) is 0 Å². The maximum Gasteiger partial charge on any atom is 0.271 e. The van der Waals surface area contributed by atoms with Crippen molar-refractivity contribution in [2.75, 3.05) is 5.73 Å². The molecule has 0 saturated carbocycles. The van der Waals surface area contributed by atoms with E-state index in [1.165, 1.54) is 12.1 Å². The fourth-order valence-corrected chi connectivity index (χ4v) is 1.56. The molecule has 2 aromatic heterocycles. The van der Waals surface area contributed by atoms with Crippen LogP contribution in [0.1, 0.15) is 21.9 Å². The van der Waals surface area contributed by atoms with Crippen LogP contribution in [0, 0.1) is 6.92 Å². The van der Waals surface area contributed by atoms with Gasteiger partial charge in [0.05, 0.1) is 17.3 Å². The van der Waals surface area contributed by atoms with Gasteiger partial charge in [-0.1, -0.05) is 16.8 Å². The summed E-state index contributed by atoms with van der Waals surface area (Å²) in [7, 11) is 0. The molecule has 0 spiro atoms. The first-order chi connectivity index (χ1) is 8.56. The summed E-state index contributed by atoms with van der Waals surface area (Å²) in [5.41, 5.74) is 6.34. The van der Waals surface area contributed by atoms with Crippen molar-refractivity contribution >= 4 is 23.3 Å². The summed E-state index contributed by atoms with van der Waals surface area (Å²) in [5.74, 6) is 0.377. The molecule has 0 aromatic carbocycles. The lowest BCUT2D eigenvalue weighted by Crippen LogP contribution is -2.24. The second-order valence-corrected chi connectivity index (χ2v) is 4.09. The smallest absolute Gasteiger partial charge is 0.271 e. The van der Waals surface area contributed by atoms with Crippen molar-refractivity contribution in [1.82, 2.24) is 15.5 Å². The number of nitrogens with two attached hydrogens (primary N) is 1. The summed E-state index contributed by atoms with van der Waals surface area (Å²) < 4.78 is 4.96. The minimum absolute atomic E-state index is 0.0907. The molecule has 2 aromatic rings. The molecular formula is C11H11ClN4O2. The number of carbonyl (C=O) groups excluding carboxylic acids is 1. The van der Waals surface area contributed by atoms with Crippen LogP contribution in [0.15, 0.2) is 22.7 Å². The van der Waals surface area contributed by atoms with E-state index in [9.17, 15) is 4.79 Å². The van der Waals surface area contributed by atoms with E-state index >= 15 is 0 Å². The Morgan fingerprint density at radius 2 is 2.33 bits per heavy atom. The third-order valence-corrected chi connectivity index (χ3v) is 2.49. The van der Waals surface area contributed by atoms with Gasteiger partial charge in [0.15, 0.2) is 5.76 Å². The number of nitrogen functional groups attached to an aromatic ring is 1. The minimum Gasteiger partial charge on any atom is -0.384 e. The number of amides is 1. The van der Waals surface area contributed by atoms with E-state index in [1.807, 2.05) is 0 Å². The van der Waals surface area contributed by atoms with Crippen LogP contribution in [0.2, 0.25) is 5.02 Å². The number of pyridine rings is 1. The Balaban J connectivity index is 2.05. The van der Waals surface area contributed by atoms with Gasteiger partial charge in [-0.05, 0) is 19.1 Å². The monoisotopic (exact) mass is 266 g/mol. The molecule has 3 N–H and O–H groups in total. The summed E-state index contributed by atoms with van der Waals surface area (Å²) in [6.07, 6.45) is 0. The Kier molecular flexibility index (Phi) is 3.47. The summed E-state index contributed by atoms with van der Waals surface area (Å²) in [6, 6.07) is 4.78. The van der Waals surface area contributed by atoms with E-state index < -0.39 is 5.91 Å². The number of anilines is 1. The molecule has 0 fully saturated rings. The maximum atomic E-state index is 11.8. The Bertz CT molecular complexity index is 582. The van der Waals surface area contributed by atoms with Crippen LogP contribution >= 0.6 is 11.6 Å². The van der Waals surface area contributed by atoms with Gasteiger partial charge in [0.2, 0.25) is 0 Å². The van der Waals surface area contributed by atoms with Crippen molar-refractivity contribution in [2.24, 2.45) is 0 Å². The third kappa shape index (κ3) is 2.78. The molecule has 7 heteroatoms. The largest absolute Gasteiger partial charge is 0.384 e. The Labute approximate surface area is 108 Å². The summed E-state index contributed by atoms with van der Waals surface area (Å²) in [6.45, 7) is 2.01. The summed E-state index contributed by atoms with van der Waals surface area (Å²) >= 11 is 5.86. The molecule has 94 valence electrons. The Hall–Kier alpha value is -2.08. The highest BCUT2D eigenvalue weighted by Gasteiger charge is 2.13. The van der Waals surface area contributed by atoms with E-state index in [2.05, 4.69) is 15.5 Å². The first-order valence-corrected chi connectivity index (χ1v) is 5.56. The van der Waals surface area contributed by atoms with Crippen molar-refractivity contribution in [3.8, 4) is 0 Å². The third-order valence-electron chi connectivity index (χ3n) is 2.18. The van der Waals surface area contributed by atoms with Crippen molar-refractivity contribution in [2.45, 2.75) is 13.5 Å². The zero-order valence-corrected chi connectivity index (χ0v) is 10.4. The molecule has 0 radical (unpaired) electrons. The lowest BCUT2D eigenvalue weighted by atomic mass is 10.3. The number of nitrogens with zero attached hydrogens (tertiary/aromatic N) is 2. The van der Waals surface area contributed by atoms with Crippen molar-refractivity contribution in [3.63, 3.8) is 0 Å². The van der Waals surface area contributed by atoms with Crippen LogP contribution in [0.4, 0.5) is 5.82 Å². The zero-order chi connectivity index (χ0) is 13.1. The first kappa shape index (κ1) is 12.4. The van der Waals surface area contributed by atoms with Gasteiger partial charge in [0.1, 0.15) is 11.5 Å². The van der Waals surface area contributed by atoms with Crippen LogP contribution in [0.25, 0.3) is 0 Å². The number of aryl methyl sites for hydroxylation is 1. The van der Waals surface area contributed by atoms with E-state index in [0.717, 1.165) is 5.69 Å². The van der Waals surface area contributed by atoms with Crippen molar-refractivity contribution < 1.29 is 9.32 Å². The number of nitrogens with one attached hydrogen (secondary N) is 1. The molecule has 0 aliphatic carbocycles. The van der Waals surface area contributed by atoms with E-state index in [1.54, 1.807) is 13.0 Å². The molecule has 0 unspecified atom stereocenters. The van der Waals surface area contributed by atoms with Crippen LogP contribution in [0.3, 0.4) is 0 Å². The van der Waals surface area contributed by atoms with E-state index in [0.29, 0.717) is 5.76 Å². The molecule has 2 rings (SSSR count). The number of aromatic nitrogens is 2.